The van der Waals surface area contributed by atoms with E-state index in [2.05, 4.69) is 0 Å². The molecular formula is C20H22ClNO4S. The summed E-state index contributed by atoms with van der Waals surface area (Å²) in [6, 6.07) is 14.3. The van der Waals surface area contributed by atoms with Crippen LogP contribution < -0.4 is 4.74 Å². The van der Waals surface area contributed by atoms with E-state index in [-0.39, 0.29) is 30.1 Å². The first-order valence-electron chi connectivity index (χ1n) is 8.77. The number of nitrogens with zero attached hydrogens (tertiary/aromatic N) is 1. The van der Waals surface area contributed by atoms with E-state index in [1.54, 1.807) is 17.0 Å². The molecule has 1 atom stereocenters. The van der Waals surface area contributed by atoms with Crippen molar-refractivity contribution in [1.82, 2.24) is 4.90 Å². The predicted octanol–water partition coefficient (Wildman–Crippen LogP) is 3.24. The van der Waals surface area contributed by atoms with Gasteiger partial charge in [0.2, 0.25) is 0 Å². The topological polar surface area (TPSA) is 63.7 Å². The lowest BCUT2D eigenvalue weighted by Crippen LogP contribution is -2.43. The predicted molar refractivity (Wildman–Crippen MR) is 106 cm³/mol. The van der Waals surface area contributed by atoms with E-state index in [1.807, 2.05) is 43.3 Å². The Kier molecular flexibility index (Phi) is 6.07. The molecule has 5 nitrogen and oxygen atoms in total. The minimum absolute atomic E-state index is 0.00328. The third-order valence-electron chi connectivity index (χ3n) is 4.68. The van der Waals surface area contributed by atoms with Gasteiger partial charge < -0.3 is 9.64 Å². The fraction of sp³-hybridized carbons (Fsp3) is 0.350. The maximum atomic E-state index is 12.9. The second-order valence-corrected chi connectivity index (χ2v) is 9.42. The summed E-state index contributed by atoms with van der Waals surface area (Å²) >= 11 is 5.93. The molecule has 0 bridgehead atoms. The van der Waals surface area contributed by atoms with Crippen LogP contribution in [0, 0.1) is 6.92 Å². The maximum absolute atomic E-state index is 12.9. The highest BCUT2D eigenvalue weighted by Crippen LogP contribution is 2.22. The second kappa shape index (κ2) is 8.31. The fourth-order valence-corrected chi connectivity index (χ4v) is 5.03. The smallest absolute Gasteiger partial charge is 0.261 e. The van der Waals surface area contributed by atoms with E-state index in [9.17, 15) is 13.2 Å². The first-order valence-corrected chi connectivity index (χ1v) is 11.0. The molecule has 0 aromatic heterocycles. The number of aryl methyl sites for hydroxylation is 1. The van der Waals surface area contributed by atoms with Crippen LogP contribution >= 0.6 is 11.6 Å². The molecule has 2 aromatic carbocycles. The van der Waals surface area contributed by atoms with Gasteiger partial charge in [-0.2, -0.15) is 0 Å². The lowest BCUT2D eigenvalue weighted by Gasteiger charge is -2.28. The number of carbonyl (C=O) groups is 1. The number of rotatable bonds is 6. The van der Waals surface area contributed by atoms with Gasteiger partial charge in [-0.05, 0) is 42.7 Å². The average Bonchev–Trinajstić information content (AvgIpc) is 3.00. The molecule has 0 aliphatic carbocycles. The number of sulfone groups is 1. The van der Waals surface area contributed by atoms with Crippen LogP contribution in [0.2, 0.25) is 5.02 Å². The van der Waals surface area contributed by atoms with Gasteiger partial charge in [0, 0.05) is 17.6 Å². The van der Waals surface area contributed by atoms with Crippen molar-refractivity contribution in [2.45, 2.75) is 25.9 Å². The quantitative estimate of drug-likeness (QED) is 0.737. The molecule has 144 valence electrons. The van der Waals surface area contributed by atoms with Gasteiger partial charge in [0.25, 0.3) is 5.91 Å². The van der Waals surface area contributed by atoms with Crippen LogP contribution in [0.5, 0.6) is 5.75 Å². The Labute approximate surface area is 164 Å². The molecule has 0 unspecified atom stereocenters. The van der Waals surface area contributed by atoms with Crippen LogP contribution in [0.4, 0.5) is 0 Å². The SMILES string of the molecule is Cc1ccccc1OCC(=O)N(Cc1ccc(Cl)cc1)[C@H]1CCS(=O)(=O)C1. The zero-order chi connectivity index (χ0) is 19.4. The zero-order valence-electron chi connectivity index (χ0n) is 15.1. The zero-order valence-corrected chi connectivity index (χ0v) is 16.7. The largest absolute Gasteiger partial charge is 0.484 e. The van der Waals surface area contributed by atoms with Crippen LogP contribution in [0.25, 0.3) is 0 Å². The van der Waals surface area contributed by atoms with Crippen molar-refractivity contribution in [3.8, 4) is 5.75 Å². The number of para-hydroxylation sites is 1. The van der Waals surface area contributed by atoms with Crippen LogP contribution in [-0.4, -0.2) is 43.4 Å². The van der Waals surface area contributed by atoms with E-state index in [4.69, 9.17) is 16.3 Å². The molecule has 1 amide bonds. The summed E-state index contributed by atoms with van der Waals surface area (Å²) < 4.78 is 29.5. The molecule has 1 aliphatic rings. The van der Waals surface area contributed by atoms with Gasteiger partial charge in [-0.3, -0.25) is 4.79 Å². The van der Waals surface area contributed by atoms with Gasteiger partial charge in [0.05, 0.1) is 11.5 Å². The maximum Gasteiger partial charge on any atom is 0.261 e. The molecular weight excluding hydrogens is 386 g/mol. The average molecular weight is 408 g/mol. The second-order valence-electron chi connectivity index (χ2n) is 6.76. The Balaban J connectivity index is 1.75. The molecule has 7 heteroatoms. The van der Waals surface area contributed by atoms with Crippen LogP contribution in [0.1, 0.15) is 17.5 Å². The summed E-state index contributed by atoms with van der Waals surface area (Å²) in [6.07, 6.45) is 0.450. The fourth-order valence-electron chi connectivity index (χ4n) is 3.17. The molecule has 1 saturated heterocycles. The van der Waals surface area contributed by atoms with Gasteiger partial charge in [-0.15, -0.1) is 0 Å². The van der Waals surface area contributed by atoms with E-state index in [0.717, 1.165) is 11.1 Å². The van der Waals surface area contributed by atoms with Gasteiger partial charge in [0.15, 0.2) is 16.4 Å². The standard InChI is InChI=1S/C20H22ClNO4S/c1-15-4-2-3-5-19(15)26-13-20(23)22(18-10-11-27(24,25)14-18)12-16-6-8-17(21)9-7-16/h2-9,18H,10-14H2,1H3/t18-/m0/s1. The monoisotopic (exact) mass is 407 g/mol. The van der Waals surface area contributed by atoms with Gasteiger partial charge in [0.1, 0.15) is 5.75 Å². The highest BCUT2D eigenvalue weighted by atomic mass is 35.5. The number of ether oxygens (including phenoxy) is 1. The Bertz CT molecular complexity index is 912. The molecule has 0 spiro atoms. The van der Waals surface area contributed by atoms with Gasteiger partial charge in [-0.1, -0.05) is 41.9 Å². The highest BCUT2D eigenvalue weighted by molar-refractivity contribution is 7.91. The van der Waals surface area contributed by atoms with Crippen molar-refractivity contribution in [2.24, 2.45) is 0 Å². The van der Waals surface area contributed by atoms with Crippen LogP contribution in [-0.2, 0) is 21.2 Å². The molecule has 1 aliphatic heterocycles. The van der Waals surface area contributed by atoms with E-state index >= 15 is 0 Å². The van der Waals surface area contributed by atoms with Crippen LogP contribution in [0.3, 0.4) is 0 Å². The molecule has 2 aromatic rings. The van der Waals surface area contributed by atoms with Crippen molar-refractivity contribution >= 4 is 27.3 Å². The number of benzene rings is 2. The number of halogens is 1. The third-order valence-corrected chi connectivity index (χ3v) is 6.68. The summed E-state index contributed by atoms with van der Waals surface area (Å²) in [5, 5.41) is 0.614. The Hall–Kier alpha value is -2.05. The summed E-state index contributed by atoms with van der Waals surface area (Å²) in [5.41, 5.74) is 1.84. The minimum Gasteiger partial charge on any atom is -0.484 e. The summed E-state index contributed by atoms with van der Waals surface area (Å²) in [7, 11) is -3.10. The lowest BCUT2D eigenvalue weighted by molar-refractivity contribution is -0.136. The van der Waals surface area contributed by atoms with Gasteiger partial charge in [-0.25, -0.2) is 8.42 Å². The Morgan fingerprint density at radius 3 is 2.52 bits per heavy atom. The molecule has 0 N–H and O–H groups in total. The van der Waals surface area contributed by atoms with Gasteiger partial charge >= 0.3 is 0 Å². The van der Waals surface area contributed by atoms with Crippen molar-refractivity contribution in [3.63, 3.8) is 0 Å². The Morgan fingerprint density at radius 1 is 1.19 bits per heavy atom. The first-order chi connectivity index (χ1) is 12.8. The number of carbonyl (C=O) groups excluding carboxylic acids is 1. The van der Waals surface area contributed by atoms with Crippen molar-refractivity contribution in [1.29, 1.82) is 0 Å². The van der Waals surface area contributed by atoms with E-state index in [0.29, 0.717) is 23.7 Å². The molecule has 3 rings (SSSR count). The lowest BCUT2D eigenvalue weighted by atomic mass is 10.1. The Morgan fingerprint density at radius 2 is 1.89 bits per heavy atom. The number of hydrogen-bond acceptors (Lipinski definition) is 4. The molecule has 1 heterocycles. The summed E-state index contributed by atoms with van der Waals surface area (Å²) in [6.45, 7) is 2.11. The van der Waals surface area contributed by atoms with E-state index < -0.39 is 9.84 Å². The van der Waals surface area contributed by atoms with Crippen LogP contribution in [0.15, 0.2) is 48.5 Å². The summed E-state index contributed by atoms with van der Waals surface area (Å²) in [4.78, 5) is 14.5. The third kappa shape index (κ3) is 5.23. The highest BCUT2D eigenvalue weighted by Gasteiger charge is 2.34. The van der Waals surface area contributed by atoms with Crippen molar-refractivity contribution in [3.05, 3.63) is 64.7 Å². The summed E-state index contributed by atoms with van der Waals surface area (Å²) in [5.74, 6) is 0.531. The van der Waals surface area contributed by atoms with Crippen molar-refractivity contribution < 1.29 is 17.9 Å². The molecule has 27 heavy (non-hydrogen) atoms. The number of hydrogen-bond donors (Lipinski definition) is 0. The number of amides is 1. The van der Waals surface area contributed by atoms with Crippen molar-refractivity contribution in [2.75, 3.05) is 18.1 Å². The molecule has 0 radical (unpaired) electrons. The minimum atomic E-state index is -3.10. The molecule has 1 fully saturated rings. The first kappa shape index (κ1) is 19.7. The molecule has 0 saturated carbocycles. The van der Waals surface area contributed by atoms with E-state index in [1.165, 1.54) is 0 Å². The normalized spacial score (nSPS) is 18.2.